The Balaban J connectivity index is 0.00000196. The first-order valence-corrected chi connectivity index (χ1v) is 5.33. The minimum absolute atomic E-state index is 0. The van der Waals surface area contributed by atoms with Crippen molar-refractivity contribution in [2.45, 2.75) is 24.8 Å². The van der Waals surface area contributed by atoms with Crippen LogP contribution >= 0.6 is 12.4 Å². The molecule has 0 aliphatic heterocycles. The van der Waals surface area contributed by atoms with Gasteiger partial charge in [0.2, 0.25) is 0 Å². The Bertz CT molecular complexity index is 154. The van der Waals surface area contributed by atoms with Crippen molar-refractivity contribution < 1.29 is 9.47 Å². The van der Waals surface area contributed by atoms with Crippen molar-refractivity contribution in [2.75, 3.05) is 40.0 Å². The molecule has 3 N–H and O–H groups in total. The molecule has 0 unspecified atom stereocenters. The molecule has 0 spiro atoms. The Labute approximate surface area is 98.3 Å². The summed E-state index contributed by atoms with van der Waals surface area (Å²) in [5, 5.41) is 3.31. The van der Waals surface area contributed by atoms with E-state index in [4.69, 9.17) is 15.2 Å². The molecule has 1 fully saturated rings. The minimum Gasteiger partial charge on any atom is -0.382 e. The Morgan fingerprint density at radius 2 is 2.00 bits per heavy atom. The fourth-order valence-electron chi connectivity index (χ4n) is 1.53. The van der Waals surface area contributed by atoms with Gasteiger partial charge in [0.1, 0.15) is 0 Å². The highest BCUT2D eigenvalue weighted by molar-refractivity contribution is 5.85. The highest BCUT2D eigenvalue weighted by Crippen LogP contribution is 2.27. The van der Waals surface area contributed by atoms with E-state index >= 15 is 0 Å². The van der Waals surface area contributed by atoms with Crippen molar-refractivity contribution >= 4 is 12.4 Å². The summed E-state index contributed by atoms with van der Waals surface area (Å²) < 4.78 is 10.2. The summed E-state index contributed by atoms with van der Waals surface area (Å²) in [5.41, 5.74) is 6.12. The predicted molar refractivity (Wildman–Crippen MR) is 63.6 cm³/mol. The highest BCUT2D eigenvalue weighted by atomic mass is 35.5. The molecular formula is C10H23ClN2O2. The molecule has 4 nitrogen and oxygen atoms in total. The molecule has 1 rings (SSSR count). The second-order valence-corrected chi connectivity index (χ2v) is 4.00. The Morgan fingerprint density at radius 1 is 1.27 bits per heavy atom. The Morgan fingerprint density at radius 3 is 2.53 bits per heavy atom. The van der Waals surface area contributed by atoms with Gasteiger partial charge in [0, 0.05) is 25.7 Å². The van der Waals surface area contributed by atoms with E-state index in [1.165, 1.54) is 6.42 Å². The highest BCUT2D eigenvalue weighted by Gasteiger charge is 2.31. The van der Waals surface area contributed by atoms with Crippen LogP contribution in [0.1, 0.15) is 19.3 Å². The SMILES string of the molecule is COCCOCCNCC1(N)CCC1.Cl. The van der Waals surface area contributed by atoms with Crippen molar-refractivity contribution in [3.63, 3.8) is 0 Å². The van der Waals surface area contributed by atoms with Crippen molar-refractivity contribution in [1.29, 1.82) is 0 Å². The summed E-state index contributed by atoms with van der Waals surface area (Å²) in [6.45, 7) is 3.87. The molecule has 0 amide bonds. The molecule has 0 heterocycles. The van der Waals surface area contributed by atoms with Crippen LogP contribution in [-0.2, 0) is 9.47 Å². The molecule has 0 bridgehead atoms. The van der Waals surface area contributed by atoms with E-state index in [2.05, 4.69) is 5.32 Å². The van der Waals surface area contributed by atoms with Crippen molar-refractivity contribution in [3.05, 3.63) is 0 Å². The third-order valence-electron chi connectivity index (χ3n) is 2.68. The molecule has 5 heteroatoms. The molecule has 15 heavy (non-hydrogen) atoms. The van der Waals surface area contributed by atoms with Crippen LogP contribution in [0.25, 0.3) is 0 Å². The maximum absolute atomic E-state index is 6.04. The quantitative estimate of drug-likeness (QED) is 0.607. The zero-order chi connectivity index (χ0) is 10.3. The van der Waals surface area contributed by atoms with Crippen LogP contribution in [-0.4, -0.2) is 45.6 Å². The van der Waals surface area contributed by atoms with Crippen molar-refractivity contribution in [1.82, 2.24) is 5.32 Å². The van der Waals surface area contributed by atoms with Crippen LogP contribution in [0.4, 0.5) is 0 Å². The van der Waals surface area contributed by atoms with Crippen LogP contribution in [0.15, 0.2) is 0 Å². The van der Waals surface area contributed by atoms with Crippen molar-refractivity contribution in [2.24, 2.45) is 5.73 Å². The second kappa shape index (κ2) is 8.30. The first-order chi connectivity index (χ1) is 6.77. The Hall–Kier alpha value is 0.130. The number of nitrogens with two attached hydrogens (primary N) is 1. The number of hydrogen-bond acceptors (Lipinski definition) is 4. The van der Waals surface area contributed by atoms with Gasteiger partial charge < -0.3 is 20.5 Å². The summed E-state index contributed by atoms with van der Waals surface area (Å²) in [6, 6.07) is 0. The van der Waals surface area contributed by atoms with E-state index in [0.29, 0.717) is 13.2 Å². The first kappa shape index (κ1) is 15.1. The van der Waals surface area contributed by atoms with Gasteiger partial charge in [-0.3, -0.25) is 0 Å². The summed E-state index contributed by atoms with van der Waals surface area (Å²) in [7, 11) is 1.68. The minimum atomic E-state index is 0. The molecule has 1 aliphatic carbocycles. The molecule has 1 saturated carbocycles. The van der Waals surface area contributed by atoms with Crippen LogP contribution in [0.2, 0.25) is 0 Å². The summed E-state index contributed by atoms with van der Waals surface area (Å²) in [4.78, 5) is 0. The van der Waals surface area contributed by atoms with Crippen LogP contribution in [0.3, 0.4) is 0 Å². The van der Waals surface area contributed by atoms with Crippen LogP contribution in [0, 0.1) is 0 Å². The lowest BCUT2D eigenvalue weighted by Crippen LogP contribution is -2.54. The number of rotatable bonds is 8. The van der Waals surface area contributed by atoms with Gasteiger partial charge in [0.15, 0.2) is 0 Å². The van der Waals surface area contributed by atoms with Crippen LogP contribution in [0.5, 0.6) is 0 Å². The molecule has 0 atom stereocenters. The van der Waals surface area contributed by atoms with Gasteiger partial charge in [-0.1, -0.05) is 0 Å². The van der Waals surface area contributed by atoms with Crippen LogP contribution < -0.4 is 11.1 Å². The zero-order valence-electron chi connectivity index (χ0n) is 9.46. The van der Waals surface area contributed by atoms with Crippen molar-refractivity contribution in [3.8, 4) is 0 Å². The normalized spacial score (nSPS) is 18.0. The monoisotopic (exact) mass is 238 g/mol. The first-order valence-electron chi connectivity index (χ1n) is 5.33. The summed E-state index contributed by atoms with van der Waals surface area (Å²) in [5.74, 6) is 0. The molecule has 1 aliphatic rings. The van der Waals surface area contributed by atoms with E-state index < -0.39 is 0 Å². The fourth-order valence-corrected chi connectivity index (χ4v) is 1.53. The number of ether oxygens (including phenoxy) is 2. The predicted octanol–water partition coefficient (Wildman–Crippen LogP) is 0.542. The van der Waals surface area contributed by atoms with Gasteiger partial charge in [-0.15, -0.1) is 12.4 Å². The number of halogens is 1. The maximum atomic E-state index is 6.04. The smallest absolute Gasteiger partial charge is 0.0700 e. The molecule has 0 radical (unpaired) electrons. The molecule has 0 aromatic heterocycles. The molecular weight excluding hydrogens is 216 g/mol. The molecule has 0 aromatic carbocycles. The molecule has 0 aromatic rings. The topological polar surface area (TPSA) is 56.5 Å². The molecule has 0 saturated heterocycles. The third kappa shape index (κ3) is 6.33. The number of methoxy groups -OCH3 is 1. The average molecular weight is 239 g/mol. The third-order valence-corrected chi connectivity index (χ3v) is 2.68. The lowest BCUT2D eigenvalue weighted by atomic mass is 9.78. The maximum Gasteiger partial charge on any atom is 0.0700 e. The zero-order valence-corrected chi connectivity index (χ0v) is 10.3. The second-order valence-electron chi connectivity index (χ2n) is 4.00. The summed E-state index contributed by atoms with van der Waals surface area (Å²) >= 11 is 0. The van der Waals surface area contributed by atoms with E-state index in [0.717, 1.165) is 32.5 Å². The van der Waals surface area contributed by atoms with E-state index in [1.807, 2.05) is 0 Å². The number of nitrogens with one attached hydrogen (secondary N) is 1. The molecule has 92 valence electrons. The van der Waals surface area contributed by atoms with E-state index in [9.17, 15) is 0 Å². The fraction of sp³-hybridized carbons (Fsp3) is 1.00. The largest absolute Gasteiger partial charge is 0.382 e. The van der Waals surface area contributed by atoms with Gasteiger partial charge in [-0.25, -0.2) is 0 Å². The van der Waals surface area contributed by atoms with Gasteiger partial charge in [-0.2, -0.15) is 0 Å². The lowest BCUT2D eigenvalue weighted by molar-refractivity contribution is 0.0709. The van der Waals surface area contributed by atoms with Gasteiger partial charge in [0.05, 0.1) is 19.8 Å². The van der Waals surface area contributed by atoms with Gasteiger partial charge >= 0.3 is 0 Å². The standard InChI is InChI=1S/C10H22N2O2.ClH/c1-13-7-8-14-6-5-12-9-10(11)3-2-4-10;/h12H,2-9,11H2,1H3;1H. The lowest BCUT2D eigenvalue weighted by Gasteiger charge is -2.38. The van der Waals surface area contributed by atoms with E-state index in [-0.39, 0.29) is 17.9 Å². The summed E-state index contributed by atoms with van der Waals surface area (Å²) in [6.07, 6.45) is 3.59. The average Bonchev–Trinajstić information content (AvgIpc) is 2.14. The Kier molecular flexibility index (Phi) is 8.37. The van der Waals surface area contributed by atoms with Gasteiger partial charge in [0.25, 0.3) is 0 Å². The number of hydrogen-bond donors (Lipinski definition) is 2. The van der Waals surface area contributed by atoms with Gasteiger partial charge in [-0.05, 0) is 19.3 Å². The van der Waals surface area contributed by atoms with E-state index in [1.54, 1.807) is 7.11 Å².